The molecule has 1 atom stereocenters. The molecule has 2 saturated heterocycles. The van der Waals surface area contributed by atoms with E-state index in [9.17, 15) is 4.79 Å². The number of carbonyl (C=O) groups excluding carboxylic acids is 1. The lowest BCUT2D eigenvalue weighted by molar-refractivity contribution is -0.138. The van der Waals surface area contributed by atoms with Crippen molar-refractivity contribution in [2.24, 2.45) is 5.92 Å². The maximum absolute atomic E-state index is 13.1. The Bertz CT molecular complexity index is 861. The van der Waals surface area contributed by atoms with Gasteiger partial charge in [0.1, 0.15) is 5.75 Å². The topological polar surface area (TPSA) is 45.7 Å². The summed E-state index contributed by atoms with van der Waals surface area (Å²) in [6.07, 6.45) is 4.93. The van der Waals surface area contributed by atoms with E-state index < -0.39 is 0 Å². The number of nitrogens with zero attached hydrogens (tertiary/aromatic N) is 3. The molecule has 160 valence electrons. The van der Waals surface area contributed by atoms with Crippen LogP contribution in [0.25, 0.3) is 0 Å². The Morgan fingerprint density at radius 3 is 2.70 bits per heavy atom. The molecule has 2 aliphatic heterocycles. The van der Waals surface area contributed by atoms with E-state index in [1.165, 1.54) is 5.56 Å². The molecule has 0 saturated carbocycles. The van der Waals surface area contributed by atoms with E-state index >= 15 is 0 Å². The van der Waals surface area contributed by atoms with Gasteiger partial charge in [-0.3, -0.25) is 9.78 Å². The Hall–Kier alpha value is -2.40. The predicted octanol–water partition coefficient (Wildman–Crippen LogP) is 3.73. The minimum atomic E-state index is 0.201. The number of aromatic nitrogens is 1. The van der Waals surface area contributed by atoms with Gasteiger partial charge in [-0.1, -0.05) is 18.2 Å². The van der Waals surface area contributed by atoms with Crippen molar-refractivity contribution in [3.05, 3.63) is 59.4 Å². The minimum Gasteiger partial charge on any atom is -0.497 e. The highest BCUT2D eigenvalue weighted by atomic mass is 16.5. The van der Waals surface area contributed by atoms with E-state index in [1.54, 1.807) is 7.11 Å². The maximum atomic E-state index is 13.1. The summed E-state index contributed by atoms with van der Waals surface area (Å²) in [5.74, 6) is 1.77. The van der Waals surface area contributed by atoms with Crippen LogP contribution >= 0.6 is 0 Å². The number of rotatable bonds is 5. The number of methoxy groups -OCH3 is 1. The quantitative estimate of drug-likeness (QED) is 0.758. The summed E-state index contributed by atoms with van der Waals surface area (Å²) in [4.78, 5) is 22.5. The third-order valence-corrected chi connectivity index (χ3v) is 6.57. The molecular formula is C25H33N3O2. The average Bonchev–Trinajstić information content (AvgIpc) is 2.79. The number of carbonyl (C=O) groups is 1. The normalized spacial score (nSPS) is 20.9. The first-order valence-electron chi connectivity index (χ1n) is 11.2. The van der Waals surface area contributed by atoms with Crippen LogP contribution in [0.2, 0.25) is 0 Å². The lowest BCUT2D eigenvalue weighted by atomic mass is 9.90. The molecule has 5 nitrogen and oxygen atoms in total. The van der Waals surface area contributed by atoms with Gasteiger partial charge in [-0.2, -0.15) is 0 Å². The third-order valence-electron chi connectivity index (χ3n) is 6.57. The van der Waals surface area contributed by atoms with Crippen molar-refractivity contribution in [1.82, 2.24) is 14.8 Å². The minimum absolute atomic E-state index is 0.201. The third kappa shape index (κ3) is 5.01. The van der Waals surface area contributed by atoms with Gasteiger partial charge >= 0.3 is 0 Å². The van der Waals surface area contributed by atoms with Crippen LogP contribution in [0.1, 0.15) is 48.6 Å². The number of piperidine rings is 2. The van der Waals surface area contributed by atoms with Crippen LogP contribution in [0.3, 0.4) is 0 Å². The zero-order valence-corrected chi connectivity index (χ0v) is 18.2. The van der Waals surface area contributed by atoms with Crippen molar-refractivity contribution in [1.29, 1.82) is 0 Å². The molecule has 1 unspecified atom stereocenters. The van der Waals surface area contributed by atoms with Gasteiger partial charge in [0.05, 0.1) is 7.11 Å². The van der Waals surface area contributed by atoms with Gasteiger partial charge in [0.15, 0.2) is 0 Å². The Labute approximate surface area is 180 Å². The van der Waals surface area contributed by atoms with Crippen molar-refractivity contribution >= 4 is 5.91 Å². The van der Waals surface area contributed by atoms with Crippen molar-refractivity contribution in [2.45, 2.75) is 38.0 Å². The zero-order chi connectivity index (χ0) is 20.9. The Morgan fingerprint density at radius 2 is 1.90 bits per heavy atom. The Morgan fingerprint density at radius 1 is 1.10 bits per heavy atom. The monoisotopic (exact) mass is 407 g/mol. The lowest BCUT2D eigenvalue weighted by Gasteiger charge is -2.37. The first-order valence-corrected chi connectivity index (χ1v) is 11.2. The first-order chi connectivity index (χ1) is 14.6. The van der Waals surface area contributed by atoms with Crippen LogP contribution in [0.4, 0.5) is 0 Å². The second kappa shape index (κ2) is 9.61. The van der Waals surface area contributed by atoms with Crippen LogP contribution in [-0.4, -0.2) is 61.0 Å². The number of pyridine rings is 1. The zero-order valence-electron chi connectivity index (χ0n) is 18.2. The van der Waals surface area contributed by atoms with Crippen LogP contribution < -0.4 is 4.74 Å². The van der Waals surface area contributed by atoms with Crippen LogP contribution in [-0.2, 0) is 11.2 Å². The molecule has 3 heterocycles. The molecule has 0 spiro atoms. The summed E-state index contributed by atoms with van der Waals surface area (Å²) in [6, 6.07) is 14.5. The van der Waals surface area contributed by atoms with Gasteiger partial charge in [-0.25, -0.2) is 0 Å². The lowest BCUT2D eigenvalue weighted by Crippen LogP contribution is -2.45. The van der Waals surface area contributed by atoms with Gasteiger partial charge in [-0.05, 0) is 75.6 Å². The number of benzene rings is 1. The summed E-state index contributed by atoms with van der Waals surface area (Å²) in [5, 5.41) is 0. The highest BCUT2D eigenvalue weighted by Crippen LogP contribution is 2.29. The predicted molar refractivity (Wildman–Crippen MR) is 119 cm³/mol. The van der Waals surface area contributed by atoms with Crippen LogP contribution in [0, 0.1) is 5.92 Å². The van der Waals surface area contributed by atoms with E-state index in [-0.39, 0.29) is 5.92 Å². The molecule has 1 amide bonds. The maximum Gasteiger partial charge on any atom is 0.225 e. The van der Waals surface area contributed by atoms with E-state index in [2.05, 4.69) is 47.2 Å². The number of likely N-dealkylation sites (tertiary alicyclic amines) is 2. The summed E-state index contributed by atoms with van der Waals surface area (Å²) < 4.78 is 5.34. The molecule has 2 aliphatic rings. The summed E-state index contributed by atoms with van der Waals surface area (Å²) in [6.45, 7) is 3.76. The first kappa shape index (κ1) is 20.9. The van der Waals surface area contributed by atoms with Crippen molar-refractivity contribution < 1.29 is 9.53 Å². The van der Waals surface area contributed by atoms with Gasteiger partial charge in [0.25, 0.3) is 0 Å². The fourth-order valence-electron chi connectivity index (χ4n) is 4.75. The number of amides is 1. The van der Waals surface area contributed by atoms with Crippen molar-refractivity contribution in [3.63, 3.8) is 0 Å². The number of ether oxygens (including phenoxy) is 1. The summed E-state index contributed by atoms with van der Waals surface area (Å²) >= 11 is 0. The SMILES string of the molecule is COc1cccc(Cc2cccc(C3CCCN(C(=O)C4CCN(C)CC4)C3)n2)c1. The standard InChI is InChI=1S/C25H33N3O2/c1-27-14-11-20(12-15-27)25(29)28-13-5-7-21(18-28)24-10-4-8-22(26-24)16-19-6-3-9-23(17-19)30-2/h3-4,6,8-10,17,20-21H,5,7,11-16,18H2,1-2H3. The number of hydrogen-bond acceptors (Lipinski definition) is 4. The molecule has 0 bridgehead atoms. The van der Waals surface area contributed by atoms with Gasteiger partial charge in [0, 0.05) is 42.7 Å². The fourth-order valence-corrected chi connectivity index (χ4v) is 4.75. The smallest absolute Gasteiger partial charge is 0.225 e. The summed E-state index contributed by atoms with van der Waals surface area (Å²) in [7, 11) is 3.83. The molecule has 2 fully saturated rings. The second-order valence-electron chi connectivity index (χ2n) is 8.78. The van der Waals surface area contributed by atoms with Crippen molar-refractivity contribution in [3.8, 4) is 5.75 Å². The Balaban J connectivity index is 1.42. The van der Waals surface area contributed by atoms with Crippen LogP contribution in [0.5, 0.6) is 5.75 Å². The molecule has 2 aromatic rings. The molecule has 1 aromatic heterocycles. The average molecular weight is 408 g/mol. The van der Waals surface area contributed by atoms with E-state index in [4.69, 9.17) is 9.72 Å². The highest BCUT2D eigenvalue weighted by Gasteiger charge is 2.31. The second-order valence-corrected chi connectivity index (χ2v) is 8.78. The highest BCUT2D eigenvalue weighted by molar-refractivity contribution is 5.79. The summed E-state index contributed by atoms with van der Waals surface area (Å²) in [5.41, 5.74) is 3.39. The molecule has 0 N–H and O–H groups in total. The van der Waals surface area contributed by atoms with Crippen LogP contribution in [0.15, 0.2) is 42.5 Å². The fraction of sp³-hybridized carbons (Fsp3) is 0.520. The molecule has 1 aromatic carbocycles. The largest absolute Gasteiger partial charge is 0.497 e. The van der Waals surface area contributed by atoms with Gasteiger partial charge in [0.2, 0.25) is 5.91 Å². The van der Waals surface area contributed by atoms with E-state index in [0.29, 0.717) is 11.8 Å². The molecule has 4 rings (SSSR count). The molecule has 5 heteroatoms. The Kier molecular flexibility index (Phi) is 6.68. The molecule has 0 aliphatic carbocycles. The van der Waals surface area contributed by atoms with Gasteiger partial charge in [-0.15, -0.1) is 0 Å². The van der Waals surface area contributed by atoms with E-state index in [0.717, 1.165) is 75.4 Å². The van der Waals surface area contributed by atoms with Crippen molar-refractivity contribution in [2.75, 3.05) is 40.3 Å². The molecule has 30 heavy (non-hydrogen) atoms. The van der Waals surface area contributed by atoms with E-state index in [1.807, 2.05) is 12.1 Å². The molecule has 0 radical (unpaired) electrons. The number of hydrogen-bond donors (Lipinski definition) is 0. The molecular weight excluding hydrogens is 374 g/mol. The van der Waals surface area contributed by atoms with Gasteiger partial charge < -0.3 is 14.5 Å².